The highest BCUT2D eigenvalue weighted by Crippen LogP contribution is 2.24. The van der Waals surface area contributed by atoms with Crippen molar-refractivity contribution in [1.29, 1.82) is 0 Å². The van der Waals surface area contributed by atoms with Gasteiger partial charge < -0.3 is 15.0 Å². The molecular formula is C19H20F2N2O4S. The van der Waals surface area contributed by atoms with Gasteiger partial charge in [0.15, 0.2) is 9.84 Å². The van der Waals surface area contributed by atoms with Crippen LogP contribution >= 0.6 is 0 Å². The third-order valence-electron chi connectivity index (χ3n) is 4.54. The van der Waals surface area contributed by atoms with Crippen LogP contribution in [0.4, 0.5) is 20.2 Å². The van der Waals surface area contributed by atoms with Crippen molar-refractivity contribution in [1.82, 2.24) is 0 Å². The first kappa shape index (κ1) is 20.2. The fourth-order valence-electron chi connectivity index (χ4n) is 2.86. The van der Waals surface area contributed by atoms with E-state index in [1.807, 2.05) is 4.90 Å². The van der Waals surface area contributed by atoms with Crippen LogP contribution in [-0.4, -0.2) is 45.9 Å². The molecule has 0 bridgehead atoms. The number of carbonyl (C=O) groups is 1. The minimum atomic E-state index is -4.01. The minimum absolute atomic E-state index is 0.153. The molecule has 28 heavy (non-hydrogen) atoms. The monoisotopic (exact) mass is 410 g/mol. The second-order valence-corrected chi connectivity index (χ2v) is 8.66. The van der Waals surface area contributed by atoms with Gasteiger partial charge in [0, 0.05) is 18.8 Å². The van der Waals surface area contributed by atoms with Gasteiger partial charge in [0.25, 0.3) is 0 Å². The first-order valence-corrected chi connectivity index (χ1v) is 10.3. The Labute approximate surface area is 162 Å². The number of sulfone groups is 1. The second-order valence-electron chi connectivity index (χ2n) is 6.40. The Morgan fingerprint density at radius 3 is 2.36 bits per heavy atom. The zero-order valence-electron chi connectivity index (χ0n) is 15.2. The van der Waals surface area contributed by atoms with E-state index >= 15 is 0 Å². The predicted molar refractivity (Wildman–Crippen MR) is 101 cm³/mol. The van der Waals surface area contributed by atoms with Crippen molar-refractivity contribution in [2.24, 2.45) is 0 Å². The molecule has 1 aliphatic rings. The van der Waals surface area contributed by atoms with Crippen molar-refractivity contribution in [3.8, 4) is 0 Å². The van der Waals surface area contributed by atoms with Crippen LogP contribution in [0.25, 0.3) is 0 Å². The summed E-state index contributed by atoms with van der Waals surface area (Å²) in [6.45, 7) is 3.38. The molecule has 1 atom stereocenters. The molecule has 1 unspecified atom stereocenters. The average molecular weight is 410 g/mol. The molecule has 0 aromatic heterocycles. The molecule has 0 aliphatic carbocycles. The maximum Gasteiger partial charge on any atom is 0.242 e. The standard InChI is InChI=1S/C19H20F2N2O4S/c1-13(28(25,26)16-5-2-14(20)3-6-16)19(24)22-15-4-7-18(17(21)12-15)23-8-10-27-11-9-23/h2-7,12-13H,8-11H2,1H3,(H,22,24). The number of amides is 1. The Balaban J connectivity index is 1.73. The largest absolute Gasteiger partial charge is 0.378 e. The van der Waals surface area contributed by atoms with Crippen molar-refractivity contribution in [3.63, 3.8) is 0 Å². The van der Waals surface area contributed by atoms with E-state index in [-0.39, 0.29) is 10.6 Å². The summed E-state index contributed by atoms with van der Waals surface area (Å²) in [4.78, 5) is 14.1. The van der Waals surface area contributed by atoms with Gasteiger partial charge in [0.1, 0.15) is 16.9 Å². The van der Waals surface area contributed by atoms with Gasteiger partial charge in [-0.15, -0.1) is 0 Å². The molecule has 0 spiro atoms. The quantitative estimate of drug-likeness (QED) is 0.767. The zero-order valence-corrected chi connectivity index (χ0v) is 16.0. The van der Waals surface area contributed by atoms with E-state index in [2.05, 4.69) is 5.32 Å². The number of nitrogens with zero attached hydrogens (tertiary/aromatic N) is 1. The Kier molecular flexibility index (Phi) is 5.95. The maximum absolute atomic E-state index is 14.4. The smallest absolute Gasteiger partial charge is 0.242 e. The second kappa shape index (κ2) is 8.24. The van der Waals surface area contributed by atoms with Crippen LogP contribution in [-0.2, 0) is 19.4 Å². The lowest BCUT2D eigenvalue weighted by Gasteiger charge is -2.29. The topological polar surface area (TPSA) is 75.7 Å². The first-order valence-electron chi connectivity index (χ1n) is 8.71. The highest BCUT2D eigenvalue weighted by atomic mass is 32.2. The SMILES string of the molecule is CC(C(=O)Nc1ccc(N2CCOCC2)c(F)c1)S(=O)(=O)c1ccc(F)cc1. The molecule has 1 fully saturated rings. The van der Waals surface area contributed by atoms with Gasteiger partial charge in [-0.3, -0.25) is 4.79 Å². The van der Waals surface area contributed by atoms with Crippen LogP contribution in [0.2, 0.25) is 0 Å². The minimum Gasteiger partial charge on any atom is -0.378 e. The molecule has 2 aromatic carbocycles. The lowest BCUT2D eigenvalue weighted by Crippen LogP contribution is -2.36. The van der Waals surface area contributed by atoms with Gasteiger partial charge in [-0.1, -0.05) is 0 Å². The third-order valence-corrected chi connectivity index (χ3v) is 6.62. The summed E-state index contributed by atoms with van der Waals surface area (Å²) in [5, 5.41) is 0.994. The summed E-state index contributed by atoms with van der Waals surface area (Å²) in [6.07, 6.45) is 0. The van der Waals surface area contributed by atoms with Crippen molar-refractivity contribution in [2.75, 3.05) is 36.5 Å². The molecule has 1 N–H and O–H groups in total. The lowest BCUT2D eigenvalue weighted by atomic mass is 10.2. The zero-order chi connectivity index (χ0) is 20.3. The number of benzene rings is 2. The van der Waals surface area contributed by atoms with Gasteiger partial charge in [-0.05, 0) is 49.4 Å². The Morgan fingerprint density at radius 1 is 1.11 bits per heavy atom. The predicted octanol–water partition coefficient (Wildman–Crippen LogP) is 2.60. The fraction of sp³-hybridized carbons (Fsp3) is 0.316. The Morgan fingerprint density at radius 2 is 1.75 bits per heavy atom. The van der Waals surface area contributed by atoms with Crippen LogP contribution in [0.5, 0.6) is 0 Å². The van der Waals surface area contributed by atoms with E-state index in [0.29, 0.717) is 32.0 Å². The average Bonchev–Trinajstić information content (AvgIpc) is 2.68. The molecule has 1 aliphatic heterocycles. The number of hydrogen-bond donors (Lipinski definition) is 1. The van der Waals surface area contributed by atoms with Gasteiger partial charge in [0.05, 0.1) is 23.8 Å². The number of ether oxygens (including phenoxy) is 1. The Bertz CT molecular complexity index is 958. The summed E-state index contributed by atoms with van der Waals surface area (Å²) in [7, 11) is -4.01. The number of rotatable bonds is 5. The van der Waals surface area contributed by atoms with Crippen molar-refractivity contribution in [3.05, 3.63) is 54.1 Å². The van der Waals surface area contributed by atoms with E-state index in [0.717, 1.165) is 30.3 Å². The van der Waals surface area contributed by atoms with E-state index in [4.69, 9.17) is 4.74 Å². The molecule has 1 saturated heterocycles. The molecule has 0 saturated carbocycles. The summed E-state index contributed by atoms with van der Waals surface area (Å²) < 4.78 is 57.7. The number of morpholine rings is 1. The van der Waals surface area contributed by atoms with Gasteiger partial charge in [-0.2, -0.15) is 0 Å². The van der Waals surface area contributed by atoms with E-state index in [1.54, 1.807) is 0 Å². The molecule has 1 amide bonds. The van der Waals surface area contributed by atoms with Gasteiger partial charge in [-0.25, -0.2) is 17.2 Å². The first-order chi connectivity index (χ1) is 13.3. The van der Waals surface area contributed by atoms with E-state index < -0.39 is 32.6 Å². The van der Waals surface area contributed by atoms with Crippen molar-refractivity contribution < 1.29 is 26.7 Å². The van der Waals surface area contributed by atoms with Gasteiger partial charge >= 0.3 is 0 Å². The highest BCUT2D eigenvalue weighted by Gasteiger charge is 2.30. The van der Waals surface area contributed by atoms with E-state index in [9.17, 15) is 22.0 Å². The lowest BCUT2D eigenvalue weighted by molar-refractivity contribution is -0.115. The molecule has 3 rings (SSSR count). The van der Waals surface area contributed by atoms with Crippen LogP contribution in [0.15, 0.2) is 47.4 Å². The van der Waals surface area contributed by atoms with Crippen LogP contribution in [0.1, 0.15) is 6.92 Å². The van der Waals surface area contributed by atoms with E-state index in [1.165, 1.54) is 19.1 Å². The summed E-state index contributed by atoms with van der Waals surface area (Å²) in [5.41, 5.74) is 0.550. The summed E-state index contributed by atoms with van der Waals surface area (Å²) in [6, 6.07) is 8.43. The summed E-state index contributed by atoms with van der Waals surface area (Å²) >= 11 is 0. The van der Waals surface area contributed by atoms with Crippen LogP contribution in [0.3, 0.4) is 0 Å². The number of halogens is 2. The molecular weight excluding hydrogens is 390 g/mol. The number of anilines is 2. The molecule has 1 heterocycles. The molecule has 2 aromatic rings. The molecule has 150 valence electrons. The fourth-order valence-corrected chi connectivity index (χ4v) is 4.12. The molecule has 0 radical (unpaired) electrons. The van der Waals surface area contributed by atoms with Crippen molar-refractivity contribution in [2.45, 2.75) is 17.1 Å². The maximum atomic E-state index is 14.4. The highest BCUT2D eigenvalue weighted by molar-refractivity contribution is 7.92. The van der Waals surface area contributed by atoms with Crippen LogP contribution in [0, 0.1) is 11.6 Å². The molecule has 6 nitrogen and oxygen atoms in total. The Hall–Kier alpha value is -2.52. The number of nitrogens with one attached hydrogen (secondary N) is 1. The van der Waals surface area contributed by atoms with Crippen LogP contribution < -0.4 is 10.2 Å². The van der Waals surface area contributed by atoms with Gasteiger partial charge in [0.2, 0.25) is 5.91 Å². The van der Waals surface area contributed by atoms with Crippen molar-refractivity contribution >= 4 is 27.1 Å². The number of carbonyl (C=O) groups excluding carboxylic acids is 1. The number of hydrogen-bond acceptors (Lipinski definition) is 5. The summed E-state index contributed by atoms with van der Waals surface area (Å²) in [5.74, 6) is -1.90. The normalized spacial score (nSPS) is 15.9. The third kappa shape index (κ3) is 4.31. The molecule has 9 heteroatoms.